The van der Waals surface area contributed by atoms with Crippen LogP contribution in [0.15, 0.2) is 33.4 Å². The minimum absolute atomic E-state index is 0.00922. The van der Waals surface area contributed by atoms with Crippen molar-refractivity contribution in [2.45, 2.75) is 46.0 Å². The van der Waals surface area contributed by atoms with Gasteiger partial charge in [-0.3, -0.25) is 19.3 Å². The number of hydrogen-bond acceptors (Lipinski definition) is 14. The number of esters is 2. The molecular formula is C26H30N6O7S3. The van der Waals surface area contributed by atoms with Crippen LogP contribution in [0.25, 0.3) is 6.08 Å². The average molecular weight is 635 g/mol. The maximum Gasteiger partial charge on any atom is 0.358 e. The van der Waals surface area contributed by atoms with Crippen molar-refractivity contribution in [1.29, 1.82) is 0 Å². The Bertz CT molecular complexity index is 1470. The van der Waals surface area contributed by atoms with Gasteiger partial charge in [0.05, 0.1) is 16.6 Å². The van der Waals surface area contributed by atoms with Gasteiger partial charge in [0, 0.05) is 16.0 Å². The second kappa shape index (κ2) is 13.0. The van der Waals surface area contributed by atoms with Gasteiger partial charge in [-0.15, -0.1) is 34.4 Å². The number of thiazole rings is 2. The van der Waals surface area contributed by atoms with Crippen LogP contribution in [0.5, 0.6) is 0 Å². The summed E-state index contributed by atoms with van der Waals surface area (Å²) < 4.78 is 10.4. The summed E-state index contributed by atoms with van der Waals surface area (Å²) in [6, 6.07) is -0.957. The van der Waals surface area contributed by atoms with Crippen LogP contribution in [0.4, 0.5) is 5.13 Å². The monoisotopic (exact) mass is 634 g/mol. The quantitative estimate of drug-likeness (QED) is 0.129. The number of nitrogens with one attached hydrogen (secondary N) is 1. The van der Waals surface area contributed by atoms with Gasteiger partial charge >= 0.3 is 11.9 Å². The van der Waals surface area contributed by atoms with Crippen LogP contribution in [0.2, 0.25) is 0 Å². The summed E-state index contributed by atoms with van der Waals surface area (Å²) in [6.45, 7) is 8.20. The molecule has 0 bridgehead atoms. The van der Waals surface area contributed by atoms with E-state index in [-0.39, 0.29) is 28.8 Å². The Kier molecular flexibility index (Phi) is 9.68. The van der Waals surface area contributed by atoms with Gasteiger partial charge in [0.2, 0.25) is 6.79 Å². The number of aromatic nitrogens is 2. The zero-order chi connectivity index (χ0) is 30.6. The Morgan fingerprint density at radius 3 is 2.62 bits per heavy atom. The molecule has 0 radical (unpaired) electrons. The van der Waals surface area contributed by atoms with E-state index in [0.29, 0.717) is 11.3 Å². The number of carbonyl (C=O) groups is 4. The fourth-order valence-electron chi connectivity index (χ4n) is 3.77. The van der Waals surface area contributed by atoms with E-state index < -0.39 is 47.4 Å². The third kappa shape index (κ3) is 6.82. The first-order chi connectivity index (χ1) is 19.9. The van der Waals surface area contributed by atoms with Gasteiger partial charge in [-0.05, 0) is 46.3 Å². The van der Waals surface area contributed by atoms with Crippen molar-refractivity contribution in [3.8, 4) is 0 Å². The maximum absolute atomic E-state index is 13.4. The van der Waals surface area contributed by atoms with Crippen LogP contribution in [-0.2, 0) is 33.5 Å². The molecule has 0 spiro atoms. The predicted octanol–water partition coefficient (Wildman–Crippen LogP) is 2.69. The highest BCUT2D eigenvalue weighted by Gasteiger charge is 2.54. The van der Waals surface area contributed by atoms with E-state index >= 15 is 0 Å². The number of amides is 2. The molecule has 16 heteroatoms. The van der Waals surface area contributed by atoms with Crippen LogP contribution < -0.4 is 11.1 Å². The zero-order valence-corrected chi connectivity index (χ0v) is 26.0. The van der Waals surface area contributed by atoms with E-state index in [9.17, 15) is 19.2 Å². The fraction of sp³-hybridized carbons (Fsp3) is 0.423. The number of carbonyl (C=O) groups excluding carboxylic acids is 4. The van der Waals surface area contributed by atoms with Crippen molar-refractivity contribution >= 4 is 75.1 Å². The molecule has 4 heterocycles. The number of rotatable bonds is 10. The number of aryl methyl sites for hydroxylation is 1. The van der Waals surface area contributed by atoms with Crippen LogP contribution in [0.3, 0.4) is 0 Å². The molecule has 4 rings (SSSR count). The molecule has 2 aromatic heterocycles. The molecule has 2 aliphatic heterocycles. The van der Waals surface area contributed by atoms with Crippen LogP contribution in [0, 0.1) is 12.3 Å². The van der Waals surface area contributed by atoms with Gasteiger partial charge < -0.3 is 25.4 Å². The number of nitrogens with two attached hydrogens (primary N) is 1. The number of allylic oxidation sites excluding steroid dienone is 1. The number of anilines is 1. The Morgan fingerprint density at radius 1 is 1.24 bits per heavy atom. The van der Waals surface area contributed by atoms with Crippen molar-refractivity contribution in [2.24, 2.45) is 10.6 Å². The Hall–Kier alpha value is -3.76. The summed E-state index contributed by atoms with van der Waals surface area (Å²) in [4.78, 5) is 67.6. The van der Waals surface area contributed by atoms with Gasteiger partial charge in [-0.25, -0.2) is 14.8 Å². The summed E-state index contributed by atoms with van der Waals surface area (Å²) in [6.07, 6.45) is 3.55. The van der Waals surface area contributed by atoms with Gasteiger partial charge in [0.1, 0.15) is 29.4 Å². The molecule has 2 aromatic rings. The maximum atomic E-state index is 13.4. The summed E-state index contributed by atoms with van der Waals surface area (Å²) in [5, 5.41) is 7.75. The van der Waals surface area contributed by atoms with Gasteiger partial charge in [0.25, 0.3) is 11.8 Å². The minimum Gasteiger partial charge on any atom is -0.427 e. The molecule has 224 valence electrons. The highest BCUT2D eigenvalue weighted by molar-refractivity contribution is 8.00. The Morgan fingerprint density at radius 2 is 2.00 bits per heavy atom. The summed E-state index contributed by atoms with van der Waals surface area (Å²) in [5.74, 6) is -2.24. The van der Waals surface area contributed by atoms with E-state index in [4.69, 9.17) is 20.0 Å². The van der Waals surface area contributed by atoms with E-state index in [1.165, 1.54) is 28.0 Å². The molecule has 2 atom stereocenters. The standard InChI is InChI=1S/C26H30N6O7S3/c1-6-39-31-17(15-10-41-25(27)29-15)20(33)30-18-21(34)32-19(23(35)37-12-38-24(36)26(3,4)5)14(9-40-22(18)32)7-8-16-13(2)28-11-42-16/h7-8,10-11,18,22H,6,9,12H2,1-5H3,(H2,27,29)(H,30,33)/t18?,22-/m0/s1. The molecule has 13 nitrogen and oxygen atoms in total. The molecular weight excluding hydrogens is 605 g/mol. The molecule has 0 aromatic carbocycles. The van der Waals surface area contributed by atoms with E-state index in [0.717, 1.165) is 21.9 Å². The Balaban J connectivity index is 1.55. The predicted molar refractivity (Wildman–Crippen MR) is 159 cm³/mol. The first-order valence-electron chi connectivity index (χ1n) is 12.7. The number of ether oxygens (including phenoxy) is 2. The SMILES string of the molecule is CCON=C(C(=O)NC1C(=O)N2C(C(=O)OCOC(=O)C(C)(C)C)=C(C=Cc3scnc3C)CS[C@@H]12)c1csc(N)n1. The molecule has 0 aliphatic carbocycles. The van der Waals surface area contributed by atoms with Gasteiger partial charge in [0.15, 0.2) is 10.8 Å². The molecule has 0 saturated carbocycles. The number of oxime groups is 1. The third-order valence-electron chi connectivity index (χ3n) is 5.95. The van der Waals surface area contributed by atoms with Crippen LogP contribution in [0.1, 0.15) is 44.0 Å². The van der Waals surface area contributed by atoms with E-state index in [1.807, 2.05) is 13.0 Å². The molecule has 2 amide bonds. The molecule has 3 N–H and O–H groups in total. The smallest absolute Gasteiger partial charge is 0.358 e. The number of nitrogens with zero attached hydrogens (tertiary/aromatic N) is 4. The molecule has 2 aliphatic rings. The average Bonchev–Trinajstić information content (AvgIpc) is 3.56. The molecule has 1 unspecified atom stereocenters. The highest BCUT2D eigenvalue weighted by Crippen LogP contribution is 2.41. The van der Waals surface area contributed by atoms with Crippen molar-refractivity contribution < 1.29 is 33.5 Å². The van der Waals surface area contributed by atoms with Crippen LogP contribution in [-0.4, -0.2) is 74.9 Å². The van der Waals surface area contributed by atoms with E-state index in [1.54, 1.807) is 44.7 Å². The summed E-state index contributed by atoms with van der Waals surface area (Å²) in [7, 11) is 0. The van der Waals surface area contributed by atoms with Crippen molar-refractivity contribution in [2.75, 3.05) is 24.9 Å². The summed E-state index contributed by atoms with van der Waals surface area (Å²) in [5.41, 5.74) is 8.09. The first kappa shape index (κ1) is 31.2. The lowest BCUT2D eigenvalue weighted by Gasteiger charge is -2.49. The van der Waals surface area contributed by atoms with Crippen molar-refractivity contribution in [1.82, 2.24) is 20.2 Å². The largest absolute Gasteiger partial charge is 0.427 e. The second-order valence-electron chi connectivity index (χ2n) is 10.0. The third-order valence-corrected chi connectivity index (χ3v) is 8.83. The number of hydrogen-bond donors (Lipinski definition) is 2. The molecule has 1 fully saturated rings. The fourth-order valence-corrected chi connectivity index (χ4v) is 6.33. The molecule has 1 saturated heterocycles. The van der Waals surface area contributed by atoms with Gasteiger partial charge in [-0.2, -0.15) is 0 Å². The highest BCUT2D eigenvalue weighted by atomic mass is 32.2. The molecule has 42 heavy (non-hydrogen) atoms. The van der Waals surface area contributed by atoms with Crippen molar-refractivity contribution in [3.63, 3.8) is 0 Å². The number of β-lactam (4-membered cyclic amide) rings is 1. The lowest BCUT2D eigenvalue weighted by molar-refractivity contribution is -0.173. The van der Waals surface area contributed by atoms with Crippen LogP contribution >= 0.6 is 34.4 Å². The summed E-state index contributed by atoms with van der Waals surface area (Å²) >= 11 is 3.94. The topological polar surface area (TPSA) is 175 Å². The number of nitrogen functional groups attached to an aromatic ring is 1. The normalized spacial score (nSPS) is 18.9. The first-order valence-corrected chi connectivity index (χ1v) is 15.6. The second-order valence-corrected chi connectivity index (χ2v) is 12.9. The minimum atomic E-state index is -0.957. The van der Waals surface area contributed by atoms with Gasteiger partial charge in [-0.1, -0.05) is 11.2 Å². The van der Waals surface area contributed by atoms with E-state index in [2.05, 4.69) is 20.4 Å². The zero-order valence-electron chi connectivity index (χ0n) is 23.5. The number of thioether (sulfide) groups is 1. The lowest BCUT2D eigenvalue weighted by atomic mass is 9.98. The van der Waals surface area contributed by atoms with Crippen molar-refractivity contribution in [3.05, 3.63) is 44.5 Å². The Labute approximate surface area is 254 Å². The number of fused-ring (bicyclic) bond motifs is 1. The lowest BCUT2D eigenvalue weighted by Crippen LogP contribution is -2.71.